The van der Waals surface area contributed by atoms with Crippen LogP contribution in [0.4, 0.5) is 17.1 Å². The zero-order valence-electron chi connectivity index (χ0n) is 35.5. The number of hydrogen-bond acceptors (Lipinski definition) is 1. The van der Waals surface area contributed by atoms with Crippen molar-refractivity contribution in [2.75, 3.05) is 4.90 Å². The molecule has 0 aromatic heterocycles. The van der Waals surface area contributed by atoms with Crippen molar-refractivity contribution in [1.29, 1.82) is 0 Å². The maximum absolute atomic E-state index is 2.43. The number of nitrogens with zero attached hydrogens (tertiary/aromatic N) is 1. The lowest BCUT2D eigenvalue weighted by Crippen LogP contribution is -2.09. The molecule has 2 aliphatic carbocycles. The molecule has 0 saturated carbocycles. The number of hydrogen-bond donors (Lipinski definition) is 0. The Morgan fingerprint density at radius 3 is 1.22 bits per heavy atom. The summed E-state index contributed by atoms with van der Waals surface area (Å²) in [4.78, 5) is 2.37. The molecular formula is C64H39N. The van der Waals surface area contributed by atoms with Gasteiger partial charge in [-0.05, 0) is 157 Å². The number of fused-ring (bicyclic) bond motifs is 9. The van der Waals surface area contributed by atoms with Gasteiger partial charge in [-0.1, -0.05) is 200 Å². The van der Waals surface area contributed by atoms with Gasteiger partial charge in [0, 0.05) is 17.1 Å². The molecule has 0 saturated heterocycles. The van der Waals surface area contributed by atoms with Crippen LogP contribution in [0.5, 0.6) is 0 Å². The first kappa shape index (κ1) is 36.0. The predicted molar refractivity (Wildman–Crippen MR) is 276 cm³/mol. The quantitative estimate of drug-likeness (QED) is 0.151. The van der Waals surface area contributed by atoms with E-state index in [4.69, 9.17) is 0 Å². The molecule has 0 radical (unpaired) electrons. The van der Waals surface area contributed by atoms with Crippen molar-refractivity contribution in [2.45, 2.75) is 0 Å². The molecule has 0 bridgehead atoms. The average Bonchev–Trinajstić information content (AvgIpc) is 3.89. The third-order valence-corrected chi connectivity index (χ3v) is 14.1. The highest BCUT2D eigenvalue weighted by Crippen LogP contribution is 2.60. The van der Waals surface area contributed by atoms with Gasteiger partial charge in [0.25, 0.3) is 0 Å². The Kier molecular flexibility index (Phi) is 7.75. The van der Waals surface area contributed by atoms with Crippen molar-refractivity contribution in [1.82, 2.24) is 0 Å². The van der Waals surface area contributed by atoms with Gasteiger partial charge in [-0.2, -0.15) is 0 Å². The van der Waals surface area contributed by atoms with Crippen LogP contribution >= 0.6 is 0 Å². The number of anilines is 3. The first-order valence-electron chi connectivity index (χ1n) is 22.6. The minimum absolute atomic E-state index is 1.13. The first-order valence-corrected chi connectivity index (χ1v) is 22.6. The van der Waals surface area contributed by atoms with Crippen LogP contribution in [0.1, 0.15) is 0 Å². The largest absolute Gasteiger partial charge is 0.310 e. The molecule has 0 heterocycles. The van der Waals surface area contributed by atoms with Crippen LogP contribution < -0.4 is 4.90 Å². The standard InChI is InChI=1S/C64H39N/c1-5-19-40(20-6-1)57-45-27-13-14-28-46(45)58(41-21-7-2-8-22-41)64-55-38-37-51(48-31-17-34-54(60(48)55)63(57)64)59-47-29-15-16-30-49(47)61-52-36-35-44(39-56(52)50-32-18-33-53(59)62(50)61)65(42-23-9-3-10-24-42)43-25-11-4-12-26-43/h1-39H. The van der Waals surface area contributed by atoms with Crippen molar-refractivity contribution in [2.24, 2.45) is 0 Å². The molecule has 1 heteroatoms. The van der Waals surface area contributed by atoms with E-state index in [0.29, 0.717) is 0 Å². The van der Waals surface area contributed by atoms with E-state index in [1.807, 2.05) is 0 Å². The third-order valence-electron chi connectivity index (χ3n) is 14.1. The van der Waals surface area contributed by atoms with Gasteiger partial charge in [0.2, 0.25) is 0 Å². The second-order valence-corrected chi connectivity index (χ2v) is 17.4. The van der Waals surface area contributed by atoms with Crippen molar-refractivity contribution in [3.63, 3.8) is 0 Å². The number of benzene rings is 12. The molecule has 12 aromatic rings. The molecule has 0 atom stereocenters. The second-order valence-electron chi connectivity index (χ2n) is 17.4. The molecule has 2 aliphatic rings. The second kappa shape index (κ2) is 14.0. The van der Waals surface area contributed by atoms with Crippen molar-refractivity contribution in [3.05, 3.63) is 237 Å². The number of para-hydroxylation sites is 2. The highest BCUT2D eigenvalue weighted by Gasteiger charge is 2.33. The van der Waals surface area contributed by atoms with E-state index in [1.165, 1.54) is 121 Å². The van der Waals surface area contributed by atoms with E-state index in [0.717, 1.165) is 17.1 Å². The summed E-state index contributed by atoms with van der Waals surface area (Å²) >= 11 is 0. The zero-order valence-corrected chi connectivity index (χ0v) is 35.5. The monoisotopic (exact) mass is 821 g/mol. The Morgan fingerprint density at radius 1 is 0.200 bits per heavy atom. The van der Waals surface area contributed by atoms with E-state index < -0.39 is 0 Å². The molecule has 0 N–H and O–H groups in total. The highest BCUT2D eigenvalue weighted by molar-refractivity contribution is 6.33. The van der Waals surface area contributed by atoms with Gasteiger partial charge in [0.05, 0.1) is 0 Å². The number of rotatable bonds is 6. The Morgan fingerprint density at radius 2 is 0.631 bits per heavy atom. The summed E-state index contributed by atoms with van der Waals surface area (Å²) < 4.78 is 0. The molecule has 300 valence electrons. The summed E-state index contributed by atoms with van der Waals surface area (Å²) in [6.45, 7) is 0. The van der Waals surface area contributed by atoms with E-state index in [2.05, 4.69) is 241 Å². The molecule has 12 aromatic carbocycles. The van der Waals surface area contributed by atoms with Crippen LogP contribution in [0.3, 0.4) is 0 Å². The molecule has 1 nitrogen and oxygen atoms in total. The zero-order chi connectivity index (χ0) is 42.6. The van der Waals surface area contributed by atoms with Crippen LogP contribution in [0.25, 0.3) is 121 Å². The lowest BCUT2D eigenvalue weighted by Gasteiger charge is -2.26. The Balaban J connectivity index is 1.04. The van der Waals surface area contributed by atoms with E-state index in [-0.39, 0.29) is 0 Å². The minimum atomic E-state index is 1.13. The van der Waals surface area contributed by atoms with Crippen LogP contribution in [0, 0.1) is 0 Å². The molecule has 0 fully saturated rings. The molecule has 0 amide bonds. The van der Waals surface area contributed by atoms with Crippen molar-refractivity contribution >= 4 is 60.2 Å². The summed E-state index contributed by atoms with van der Waals surface area (Å²) in [6, 6.07) is 87.5. The van der Waals surface area contributed by atoms with Gasteiger partial charge >= 0.3 is 0 Å². The normalized spacial score (nSPS) is 12.0. The Bertz CT molecular complexity index is 3780. The SMILES string of the molecule is c1ccc(-c2c3c(c(-c4ccccc4)c4ccccc24)-c2ccc(-c4c5ccccc5c5c6c(cccc46)-c4cc(N(c6ccccc6)c6ccccc6)ccc4-5)c4cccc-3c24)cc1. The van der Waals surface area contributed by atoms with Crippen LogP contribution in [0.2, 0.25) is 0 Å². The van der Waals surface area contributed by atoms with Crippen molar-refractivity contribution < 1.29 is 0 Å². The lowest BCUT2D eigenvalue weighted by molar-refractivity contribution is 1.28. The van der Waals surface area contributed by atoms with Gasteiger partial charge in [0.15, 0.2) is 0 Å². The molecular weight excluding hydrogens is 783 g/mol. The molecule has 0 unspecified atom stereocenters. The predicted octanol–water partition coefficient (Wildman–Crippen LogP) is 18.1. The first-order chi connectivity index (χ1) is 32.3. The van der Waals surface area contributed by atoms with Gasteiger partial charge in [0.1, 0.15) is 0 Å². The van der Waals surface area contributed by atoms with Crippen LogP contribution in [0.15, 0.2) is 237 Å². The van der Waals surface area contributed by atoms with Crippen molar-refractivity contribution in [3.8, 4) is 77.9 Å². The maximum atomic E-state index is 2.43. The van der Waals surface area contributed by atoms with E-state index in [1.54, 1.807) is 0 Å². The Hall–Kier alpha value is -8.52. The summed E-state index contributed by atoms with van der Waals surface area (Å²) in [7, 11) is 0. The van der Waals surface area contributed by atoms with Gasteiger partial charge in [-0.3, -0.25) is 0 Å². The van der Waals surface area contributed by atoms with Gasteiger partial charge in [-0.25, -0.2) is 0 Å². The summed E-state index contributed by atoms with van der Waals surface area (Å²) in [5.41, 5.74) is 21.4. The fraction of sp³-hybridized carbons (Fsp3) is 0. The molecule has 65 heavy (non-hydrogen) atoms. The summed E-state index contributed by atoms with van der Waals surface area (Å²) in [5, 5.41) is 10.3. The van der Waals surface area contributed by atoms with Crippen LogP contribution in [-0.2, 0) is 0 Å². The molecule has 14 rings (SSSR count). The average molecular weight is 822 g/mol. The molecule has 0 spiro atoms. The Labute approximate surface area is 377 Å². The molecule has 0 aliphatic heterocycles. The minimum Gasteiger partial charge on any atom is -0.310 e. The third kappa shape index (κ3) is 5.15. The lowest BCUT2D eigenvalue weighted by atomic mass is 9.82. The smallest absolute Gasteiger partial charge is 0.0468 e. The summed E-state index contributed by atoms with van der Waals surface area (Å²) in [5.74, 6) is 0. The van der Waals surface area contributed by atoms with Crippen LogP contribution in [-0.4, -0.2) is 0 Å². The maximum Gasteiger partial charge on any atom is 0.0468 e. The van der Waals surface area contributed by atoms with E-state index in [9.17, 15) is 0 Å². The topological polar surface area (TPSA) is 3.24 Å². The fourth-order valence-corrected chi connectivity index (χ4v) is 11.6. The van der Waals surface area contributed by atoms with Gasteiger partial charge in [-0.15, -0.1) is 0 Å². The van der Waals surface area contributed by atoms with Gasteiger partial charge < -0.3 is 4.90 Å². The highest BCUT2D eigenvalue weighted by atomic mass is 15.1. The fourth-order valence-electron chi connectivity index (χ4n) is 11.6. The van der Waals surface area contributed by atoms with E-state index >= 15 is 0 Å². The summed E-state index contributed by atoms with van der Waals surface area (Å²) in [6.07, 6.45) is 0.